The first kappa shape index (κ1) is 7.39. The van der Waals surface area contributed by atoms with Crippen LogP contribution in [0.3, 0.4) is 0 Å². The number of hydrogen-bond donors (Lipinski definition) is 3. The predicted octanol–water partition coefficient (Wildman–Crippen LogP) is -0.742. The van der Waals surface area contributed by atoms with Crippen molar-refractivity contribution in [1.82, 2.24) is 0 Å². The molecule has 8 heavy (non-hydrogen) atoms. The van der Waals surface area contributed by atoms with Gasteiger partial charge in [0.15, 0.2) is 0 Å². The molecule has 47 valence electrons. The Kier molecular flexibility index (Phi) is 3.14. The van der Waals surface area contributed by atoms with Crippen molar-refractivity contribution in [3.63, 3.8) is 0 Å². The Bertz CT molecular complexity index is 82.1. The molecule has 0 atom stereocenters. The minimum absolute atomic E-state index is 0.0162. The Morgan fingerprint density at radius 2 is 1.88 bits per heavy atom. The lowest BCUT2D eigenvalue weighted by Gasteiger charge is -1.97. The fourth-order valence-electron chi connectivity index (χ4n) is 0.251. The molecule has 0 aromatic rings. The van der Waals surface area contributed by atoms with Gasteiger partial charge in [-0.05, 0) is 6.42 Å². The van der Waals surface area contributed by atoms with Gasteiger partial charge in [0.25, 0.3) is 0 Å². The second-order valence-electron chi connectivity index (χ2n) is 1.47. The molecule has 4 nitrogen and oxygen atoms in total. The standard InChI is InChI=1S/C4H9N2O2/c5-3(6)1-2-4(7)8/h1-2,5-6H2,(H,7,8). The van der Waals surface area contributed by atoms with Gasteiger partial charge in [-0.2, -0.15) is 0 Å². The largest absolute Gasteiger partial charge is 0.481 e. The Labute approximate surface area is 47.5 Å². The molecule has 0 aromatic heterocycles. The van der Waals surface area contributed by atoms with Gasteiger partial charge in [-0.25, -0.2) is 0 Å². The van der Waals surface area contributed by atoms with Crippen LogP contribution < -0.4 is 11.5 Å². The normalized spacial score (nSPS) is 9.88. The average molecular weight is 117 g/mol. The van der Waals surface area contributed by atoms with Crippen LogP contribution in [0.2, 0.25) is 0 Å². The number of nitrogens with two attached hydrogens (primary N) is 2. The summed E-state index contributed by atoms with van der Waals surface area (Å²) < 4.78 is 0. The highest BCUT2D eigenvalue weighted by molar-refractivity contribution is 5.66. The second kappa shape index (κ2) is 3.40. The summed E-state index contributed by atoms with van der Waals surface area (Å²) in [4.78, 5) is 9.78. The van der Waals surface area contributed by atoms with Gasteiger partial charge < -0.3 is 16.6 Å². The lowest BCUT2D eigenvalue weighted by molar-refractivity contribution is -0.137. The van der Waals surface area contributed by atoms with Crippen molar-refractivity contribution in [3.05, 3.63) is 6.17 Å². The molecule has 0 aliphatic rings. The van der Waals surface area contributed by atoms with Gasteiger partial charge in [0.2, 0.25) is 0 Å². The zero-order valence-corrected chi connectivity index (χ0v) is 4.42. The lowest BCUT2D eigenvalue weighted by Crippen LogP contribution is -2.20. The van der Waals surface area contributed by atoms with Crippen LogP contribution >= 0.6 is 0 Å². The summed E-state index contributed by atoms with van der Waals surface area (Å²) in [6, 6.07) is 0. The van der Waals surface area contributed by atoms with E-state index in [0.29, 0.717) is 0 Å². The van der Waals surface area contributed by atoms with Gasteiger partial charge in [0.05, 0.1) is 6.17 Å². The molecule has 0 fully saturated rings. The van der Waals surface area contributed by atoms with Crippen LogP contribution in [0.15, 0.2) is 0 Å². The third-order valence-electron chi connectivity index (χ3n) is 0.628. The molecule has 0 rings (SSSR count). The van der Waals surface area contributed by atoms with Crippen molar-refractivity contribution in [1.29, 1.82) is 0 Å². The molecule has 0 aromatic carbocycles. The summed E-state index contributed by atoms with van der Waals surface area (Å²) in [6.45, 7) is 0. The fourth-order valence-corrected chi connectivity index (χ4v) is 0.251. The molecule has 0 aliphatic carbocycles. The van der Waals surface area contributed by atoms with Crippen LogP contribution in [0, 0.1) is 6.17 Å². The number of aliphatic carboxylic acids is 1. The average Bonchev–Trinajstić information content (AvgIpc) is 1.61. The van der Waals surface area contributed by atoms with Gasteiger partial charge in [-0.3, -0.25) is 4.79 Å². The lowest BCUT2D eigenvalue weighted by atomic mass is 10.3. The highest BCUT2D eigenvalue weighted by atomic mass is 16.4. The van der Waals surface area contributed by atoms with E-state index in [2.05, 4.69) is 0 Å². The third-order valence-corrected chi connectivity index (χ3v) is 0.628. The quantitative estimate of drug-likeness (QED) is 0.454. The van der Waals surface area contributed by atoms with Gasteiger partial charge in [-0.15, -0.1) is 0 Å². The van der Waals surface area contributed by atoms with Crippen LogP contribution in [0.25, 0.3) is 0 Å². The van der Waals surface area contributed by atoms with E-state index >= 15 is 0 Å². The summed E-state index contributed by atoms with van der Waals surface area (Å²) in [5.41, 5.74) is 9.94. The summed E-state index contributed by atoms with van der Waals surface area (Å²) >= 11 is 0. The van der Waals surface area contributed by atoms with Crippen molar-refractivity contribution in [3.8, 4) is 0 Å². The maximum absolute atomic E-state index is 9.78. The van der Waals surface area contributed by atoms with E-state index in [4.69, 9.17) is 16.6 Å². The molecule has 0 heterocycles. The van der Waals surface area contributed by atoms with Gasteiger partial charge in [0, 0.05) is 6.42 Å². The van der Waals surface area contributed by atoms with Crippen molar-refractivity contribution >= 4 is 5.97 Å². The van der Waals surface area contributed by atoms with Crippen LogP contribution in [0.1, 0.15) is 12.8 Å². The van der Waals surface area contributed by atoms with Crippen LogP contribution in [0.4, 0.5) is 0 Å². The molecule has 4 heteroatoms. The number of rotatable bonds is 3. The first-order chi connectivity index (χ1) is 3.63. The Morgan fingerprint density at radius 1 is 1.38 bits per heavy atom. The van der Waals surface area contributed by atoms with E-state index < -0.39 is 5.97 Å². The van der Waals surface area contributed by atoms with E-state index in [1.165, 1.54) is 0 Å². The Morgan fingerprint density at radius 3 is 2.00 bits per heavy atom. The van der Waals surface area contributed by atoms with Crippen molar-refractivity contribution in [2.45, 2.75) is 12.8 Å². The van der Waals surface area contributed by atoms with Crippen LogP contribution in [0.5, 0.6) is 0 Å². The molecule has 0 amide bonds. The molecule has 0 spiro atoms. The molecule has 5 N–H and O–H groups in total. The number of carboxylic acid groups (broad SMARTS) is 1. The molecule has 1 radical (unpaired) electrons. The van der Waals surface area contributed by atoms with E-state index in [9.17, 15) is 4.79 Å². The zero-order chi connectivity index (χ0) is 6.57. The van der Waals surface area contributed by atoms with E-state index in [1.807, 2.05) is 0 Å². The maximum atomic E-state index is 9.78. The molecule has 0 bridgehead atoms. The van der Waals surface area contributed by atoms with Crippen molar-refractivity contribution < 1.29 is 9.90 Å². The number of carbonyl (C=O) groups is 1. The maximum Gasteiger partial charge on any atom is 0.303 e. The zero-order valence-electron chi connectivity index (χ0n) is 4.42. The van der Waals surface area contributed by atoms with Crippen molar-refractivity contribution in [2.24, 2.45) is 11.5 Å². The number of hydrogen-bond acceptors (Lipinski definition) is 3. The monoisotopic (exact) mass is 117 g/mol. The van der Waals surface area contributed by atoms with Crippen LogP contribution in [-0.4, -0.2) is 11.1 Å². The van der Waals surface area contributed by atoms with Gasteiger partial charge in [0.1, 0.15) is 0 Å². The molecular formula is C4H9N2O2. The summed E-state index contributed by atoms with van der Waals surface area (Å²) in [7, 11) is 0. The topological polar surface area (TPSA) is 89.3 Å². The first-order valence-electron chi connectivity index (χ1n) is 2.21. The minimum atomic E-state index is -0.876. The first-order valence-corrected chi connectivity index (χ1v) is 2.21. The molecule has 0 unspecified atom stereocenters. The minimum Gasteiger partial charge on any atom is -0.481 e. The molecule has 0 aliphatic heterocycles. The number of carboxylic acids is 1. The highest BCUT2D eigenvalue weighted by Gasteiger charge is 1.99. The summed E-state index contributed by atoms with van der Waals surface area (Å²) in [5.74, 6) is -0.876. The Balaban J connectivity index is 3.05. The molecule has 0 saturated heterocycles. The van der Waals surface area contributed by atoms with Gasteiger partial charge >= 0.3 is 5.97 Å². The smallest absolute Gasteiger partial charge is 0.303 e. The van der Waals surface area contributed by atoms with E-state index in [1.54, 1.807) is 0 Å². The summed E-state index contributed by atoms with van der Waals surface area (Å²) in [5, 5.41) is 8.04. The molecule has 0 saturated carbocycles. The fraction of sp³-hybridized carbons (Fsp3) is 0.500. The Hall–Kier alpha value is -0.610. The van der Waals surface area contributed by atoms with Crippen molar-refractivity contribution in [2.75, 3.05) is 0 Å². The molecular weight excluding hydrogens is 108 g/mol. The second-order valence-corrected chi connectivity index (χ2v) is 1.47. The van der Waals surface area contributed by atoms with E-state index in [0.717, 1.165) is 0 Å². The highest BCUT2D eigenvalue weighted by Crippen LogP contribution is 1.92. The third kappa shape index (κ3) is 5.39. The van der Waals surface area contributed by atoms with Gasteiger partial charge in [-0.1, -0.05) is 0 Å². The SMILES string of the molecule is N[C](N)CCC(=O)O. The van der Waals surface area contributed by atoms with E-state index in [-0.39, 0.29) is 19.0 Å². The summed E-state index contributed by atoms with van der Waals surface area (Å²) in [6.07, 6.45) is 0.449. The van der Waals surface area contributed by atoms with Crippen LogP contribution in [-0.2, 0) is 4.79 Å². The predicted molar refractivity (Wildman–Crippen MR) is 28.5 cm³/mol.